The van der Waals surface area contributed by atoms with E-state index in [1.165, 1.54) is 13.4 Å². The normalized spacial score (nSPS) is 12.0. The third-order valence-corrected chi connectivity index (χ3v) is 5.15. The van der Waals surface area contributed by atoms with E-state index in [4.69, 9.17) is 16.3 Å². The number of aromatic nitrogens is 1. The molecule has 0 aliphatic heterocycles. The maximum atomic E-state index is 11.5. The zero-order chi connectivity index (χ0) is 20.6. The lowest BCUT2D eigenvalue weighted by Gasteiger charge is -2.06. The Labute approximate surface area is 178 Å². The number of carbonyl (C=O) groups is 1. The van der Waals surface area contributed by atoms with Crippen LogP contribution in [0.2, 0.25) is 5.02 Å². The standard InChI is InChI=1S/C23H18ClNO3S/c1-28-14-21(23(26)27)20-9-5-3-7-16(20)6-2-4-8-19-15-29-22(25-19)17-10-12-18(24)13-11-17/h2-15H,1H3,(H,26,27)/b6-2?,8-4+,21-14+. The summed E-state index contributed by atoms with van der Waals surface area (Å²) < 4.78 is 4.91. The number of carboxylic acid groups (broad SMARTS) is 1. The van der Waals surface area contributed by atoms with Gasteiger partial charge in [-0.05, 0) is 29.3 Å². The number of aliphatic carboxylic acids is 1. The Kier molecular flexibility index (Phi) is 7.00. The summed E-state index contributed by atoms with van der Waals surface area (Å²) in [5, 5.41) is 13.0. The lowest BCUT2D eigenvalue weighted by atomic mass is 10.00. The van der Waals surface area contributed by atoms with Gasteiger partial charge in [0, 0.05) is 16.0 Å². The number of allylic oxidation sites excluding steroid dienone is 2. The van der Waals surface area contributed by atoms with Crippen LogP contribution in [0.4, 0.5) is 0 Å². The minimum absolute atomic E-state index is 0.101. The highest BCUT2D eigenvalue weighted by Crippen LogP contribution is 2.26. The summed E-state index contributed by atoms with van der Waals surface area (Å²) in [4.78, 5) is 16.1. The monoisotopic (exact) mass is 423 g/mol. The average Bonchev–Trinajstić information content (AvgIpc) is 3.19. The first-order valence-electron chi connectivity index (χ1n) is 8.70. The van der Waals surface area contributed by atoms with Crippen LogP contribution in [0.3, 0.4) is 0 Å². The van der Waals surface area contributed by atoms with Crippen LogP contribution in [0.15, 0.2) is 72.3 Å². The largest absolute Gasteiger partial charge is 0.503 e. The molecule has 0 fully saturated rings. The first-order chi connectivity index (χ1) is 14.1. The van der Waals surface area contributed by atoms with Crippen molar-refractivity contribution in [2.24, 2.45) is 0 Å². The fraction of sp³-hybridized carbons (Fsp3) is 0.0435. The second-order valence-electron chi connectivity index (χ2n) is 5.96. The predicted octanol–water partition coefficient (Wildman–Crippen LogP) is 6.26. The molecular weight excluding hydrogens is 406 g/mol. The molecule has 1 heterocycles. The number of halogens is 1. The highest BCUT2D eigenvalue weighted by Gasteiger charge is 2.13. The first-order valence-corrected chi connectivity index (χ1v) is 9.96. The van der Waals surface area contributed by atoms with Crippen molar-refractivity contribution in [3.8, 4) is 10.6 Å². The van der Waals surface area contributed by atoms with Gasteiger partial charge in [0.05, 0.1) is 19.1 Å². The summed E-state index contributed by atoms with van der Waals surface area (Å²) in [6.45, 7) is 0. The van der Waals surface area contributed by atoms with Gasteiger partial charge in [-0.2, -0.15) is 0 Å². The summed E-state index contributed by atoms with van der Waals surface area (Å²) >= 11 is 7.49. The van der Waals surface area contributed by atoms with Crippen molar-refractivity contribution in [1.29, 1.82) is 0 Å². The number of carboxylic acids is 1. The van der Waals surface area contributed by atoms with E-state index in [-0.39, 0.29) is 5.57 Å². The molecule has 0 radical (unpaired) electrons. The molecule has 0 spiro atoms. The molecule has 2 aromatic carbocycles. The number of nitrogens with zero attached hydrogens (tertiary/aromatic N) is 1. The van der Waals surface area contributed by atoms with Crippen LogP contribution in [0.25, 0.3) is 28.3 Å². The van der Waals surface area contributed by atoms with E-state index in [9.17, 15) is 9.90 Å². The summed E-state index contributed by atoms with van der Waals surface area (Å²) in [6, 6.07) is 14.8. The van der Waals surface area contributed by atoms with Crippen LogP contribution >= 0.6 is 22.9 Å². The van der Waals surface area contributed by atoms with Crippen LogP contribution in [0, 0.1) is 0 Å². The Hall–Kier alpha value is -3.15. The lowest BCUT2D eigenvalue weighted by molar-refractivity contribution is -0.130. The minimum Gasteiger partial charge on any atom is -0.503 e. The van der Waals surface area contributed by atoms with Gasteiger partial charge in [0.25, 0.3) is 0 Å². The van der Waals surface area contributed by atoms with Crippen LogP contribution in [-0.2, 0) is 9.53 Å². The molecule has 1 N–H and O–H groups in total. The Balaban J connectivity index is 1.75. The van der Waals surface area contributed by atoms with E-state index >= 15 is 0 Å². The molecule has 0 aliphatic rings. The molecule has 0 saturated heterocycles. The van der Waals surface area contributed by atoms with Crippen molar-refractivity contribution < 1.29 is 14.6 Å². The van der Waals surface area contributed by atoms with Crippen LogP contribution < -0.4 is 0 Å². The van der Waals surface area contributed by atoms with Gasteiger partial charge in [-0.1, -0.05) is 66.2 Å². The van der Waals surface area contributed by atoms with Gasteiger partial charge in [0.2, 0.25) is 0 Å². The molecule has 3 aromatic rings. The van der Waals surface area contributed by atoms with Gasteiger partial charge in [-0.25, -0.2) is 9.78 Å². The SMILES string of the molecule is CO/C=C(/C(=O)O)c1ccccc1C=C/C=C/c1csc(-c2ccc(Cl)cc2)n1. The van der Waals surface area contributed by atoms with Gasteiger partial charge in [0.15, 0.2) is 0 Å². The van der Waals surface area contributed by atoms with Gasteiger partial charge >= 0.3 is 5.97 Å². The lowest BCUT2D eigenvalue weighted by Crippen LogP contribution is -2.02. The number of hydrogen-bond donors (Lipinski definition) is 1. The average molecular weight is 424 g/mol. The fourth-order valence-electron chi connectivity index (χ4n) is 2.64. The van der Waals surface area contributed by atoms with Gasteiger partial charge < -0.3 is 9.84 Å². The zero-order valence-corrected chi connectivity index (χ0v) is 17.2. The third-order valence-electron chi connectivity index (χ3n) is 3.98. The Morgan fingerprint density at radius 1 is 1.10 bits per heavy atom. The zero-order valence-electron chi connectivity index (χ0n) is 15.6. The molecular formula is C23H18ClNO3S. The van der Waals surface area contributed by atoms with Gasteiger partial charge in [-0.3, -0.25) is 0 Å². The Morgan fingerprint density at radius 2 is 1.83 bits per heavy atom. The number of benzene rings is 2. The molecule has 0 saturated carbocycles. The van der Waals surface area contributed by atoms with E-state index in [1.54, 1.807) is 23.5 Å². The highest BCUT2D eigenvalue weighted by molar-refractivity contribution is 7.13. The molecule has 0 bridgehead atoms. The van der Waals surface area contributed by atoms with E-state index < -0.39 is 5.97 Å². The van der Waals surface area contributed by atoms with Gasteiger partial charge in [0.1, 0.15) is 10.6 Å². The Bertz CT molecular complexity index is 1080. The summed E-state index contributed by atoms with van der Waals surface area (Å²) in [5.41, 5.74) is 3.34. The maximum absolute atomic E-state index is 11.5. The van der Waals surface area contributed by atoms with Crippen molar-refractivity contribution in [2.45, 2.75) is 0 Å². The molecule has 0 aliphatic carbocycles. The van der Waals surface area contributed by atoms with Crippen LogP contribution in [0.1, 0.15) is 16.8 Å². The van der Waals surface area contributed by atoms with Gasteiger partial charge in [-0.15, -0.1) is 11.3 Å². The topological polar surface area (TPSA) is 59.4 Å². The van der Waals surface area contributed by atoms with Crippen molar-refractivity contribution in [1.82, 2.24) is 4.98 Å². The molecule has 0 unspecified atom stereocenters. The fourth-order valence-corrected chi connectivity index (χ4v) is 3.56. The number of rotatable bonds is 7. The van der Waals surface area contributed by atoms with Crippen LogP contribution in [-0.4, -0.2) is 23.2 Å². The van der Waals surface area contributed by atoms with Crippen molar-refractivity contribution in [3.63, 3.8) is 0 Å². The van der Waals surface area contributed by atoms with E-state index in [0.29, 0.717) is 10.6 Å². The smallest absolute Gasteiger partial charge is 0.339 e. The van der Waals surface area contributed by atoms with E-state index in [0.717, 1.165) is 21.8 Å². The van der Waals surface area contributed by atoms with Crippen molar-refractivity contribution in [2.75, 3.05) is 7.11 Å². The Morgan fingerprint density at radius 3 is 2.55 bits per heavy atom. The highest BCUT2D eigenvalue weighted by atomic mass is 35.5. The first kappa shape index (κ1) is 20.6. The number of hydrogen-bond acceptors (Lipinski definition) is 4. The molecule has 29 heavy (non-hydrogen) atoms. The summed E-state index contributed by atoms with van der Waals surface area (Å²) in [7, 11) is 1.43. The molecule has 146 valence electrons. The molecule has 0 atom stereocenters. The minimum atomic E-state index is -1.04. The number of thiazole rings is 1. The second-order valence-corrected chi connectivity index (χ2v) is 7.26. The van der Waals surface area contributed by atoms with E-state index in [1.807, 2.05) is 66.1 Å². The van der Waals surface area contributed by atoms with Crippen LogP contribution in [0.5, 0.6) is 0 Å². The van der Waals surface area contributed by atoms with Crippen molar-refractivity contribution in [3.05, 3.63) is 94.2 Å². The molecule has 6 heteroatoms. The quantitative estimate of drug-likeness (QED) is 0.276. The maximum Gasteiger partial charge on any atom is 0.339 e. The third kappa shape index (κ3) is 5.44. The summed E-state index contributed by atoms with van der Waals surface area (Å²) in [5.74, 6) is -1.04. The molecule has 1 aromatic heterocycles. The van der Waals surface area contributed by atoms with Crippen molar-refractivity contribution >= 4 is 46.6 Å². The predicted molar refractivity (Wildman–Crippen MR) is 120 cm³/mol. The molecule has 4 nitrogen and oxygen atoms in total. The second kappa shape index (κ2) is 9.87. The summed E-state index contributed by atoms with van der Waals surface area (Å²) in [6.07, 6.45) is 8.71. The number of methoxy groups -OCH3 is 1. The number of ether oxygens (including phenoxy) is 1. The molecule has 0 amide bonds. The molecule has 3 rings (SSSR count). The van der Waals surface area contributed by atoms with E-state index in [2.05, 4.69) is 4.98 Å².